The Hall–Kier alpha value is -4.45. The number of hydrogen-bond donors (Lipinski definition) is 1. The number of fused-ring (bicyclic) bond motifs is 1. The van der Waals surface area contributed by atoms with E-state index in [-0.39, 0.29) is 29.6 Å². The summed E-state index contributed by atoms with van der Waals surface area (Å²) in [6.07, 6.45) is 1.49. The molecule has 2 heterocycles. The van der Waals surface area contributed by atoms with Crippen molar-refractivity contribution in [1.29, 1.82) is 0 Å². The summed E-state index contributed by atoms with van der Waals surface area (Å²) in [4.78, 5) is 39.9. The van der Waals surface area contributed by atoms with Crippen molar-refractivity contribution in [3.8, 4) is 0 Å². The summed E-state index contributed by atoms with van der Waals surface area (Å²) in [5.74, 6) is -0.662. The summed E-state index contributed by atoms with van der Waals surface area (Å²) in [5, 5.41) is 3.07. The first kappa shape index (κ1) is 20.5. The molecular formula is C27H20N2O4. The highest BCUT2D eigenvalue weighted by Crippen LogP contribution is 2.27. The number of imide groups is 1. The van der Waals surface area contributed by atoms with Gasteiger partial charge >= 0.3 is 0 Å². The quantitative estimate of drug-likeness (QED) is 0.448. The summed E-state index contributed by atoms with van der Waals surface area (Å²) < 4.78 is 5.27. The van der Waals surface area contributed by atoms with Crippen LogP contribution in [0.1, 0.15) is 54.0 Å². The van der Waals surface area contributed by atoms with Crippen LogP contribution < -0.4 is 5.32 Å². The van der Waals surface area contributed by atoms with Gasteiger partial charge in [-0.2, -0.15) is 0 Å². The van der Waals surface area contributed by atoms with Crippen molar-refractivity contribution in [1.82, 2.24) is 10.2 Å². The molecule has 4 aromatic rings. The molecule has 33 heavy (non-hydrogen) atoms. The summed E-state index contributed by atoms with van der Waals surface area (Å²) in [6, 6.07) is 27.0. The smallest absolute Gasteiger partial charge is 0.261 e. The topological polar surface area (TPSA) is 79.6 Å². The van der Waals surface area contributed by atoms with E-state index in [0.29, 0.717) is 11.3 Å². The lowest BCUT2D eigenvalue weighted by Crippen LogP contribution is -2.29. The number of carbonyl (C=O) groups excluding carboxylic acids is 3. The molecule has 0 saturated heterocycles. The van der Waals surface area contributed by atoms with E-state index in [0.717, 1.165) is 16.0 Å². The number of amides is 3. The fraction of sp³-hybridized carbons (Fsp3) is 0.0741. The van der Waals surface area contributed by atoms with E-state index in [1.807, 2.05) is 60.7 Å². The molecule has 0 radical (unpaired) electrons. The van der Waals surface area contributed by atoms with Gasteiger partial charge in [-0.15, -0.1) is 0 Å². The average Bonchev–Trinajstić information content (AvgIpc) is 3.46. The number of rotatable bonds is 6. The normalized spacial score (nSPS) is 12.8. The maximum atomic E-state index is 13.2. The maximum Gasteiger partial charge on any atom is 0.261 e. The second-order valence-corrected chi connectivity index (χ2v) is 7.76. The molecule has 0 aliphatic carbocycles. The van der Waals surface area contributed by atoms with Gasteiger partial charge in [0, 0.05) is 5.56 Å². The van der Waals surface area contributed by atoms with Gasteiger partial charge < -0.3 is 9.73 Å². The number of nitrogens with one attached hydrogen (secondary N) is 1. The largest absolute Gasteiger partial charge is 0.467 e. The van der Waals surface area contributed by atoms with Crippen molar-refractivity contribution in [2.45, 2.75) is 12.6 Å². The van der Waals surface area contributed by atoms with Crippen LogP contribution in [0.15, 0.2) is 102 Å². The van der Waals surface area contributed by atoms with E-state index >= 15 is 0 Å². The molecule has 6 nitrogen and oxygen atoms in total. The SMILES string of the molecule is O=C(NC(c1ccccc1)c1ccccc1)c1ccc2c(c1)C(=O)N(Cc1ccco1)C2=O. The van der Waals surface area contributed by atoms with Gasteiger partial charge in [-0.3, -0.25) is 19.3 Å². The molecule has 0 spiro atoms. The van der Waals surface area contributed by atoms with E-state index < -0.39 is 11.8 Å². The molecule has 0 saturated carbocycles. The Kier molecular flexibility index (Phi) is 5.32. The Bertz CT molecular complexity index is 1280. The summed E-state index contributed by atoms with van der Waals surface area (Å²) in [5.41, 5.74) is 2.69. The minimum Gasteiger partial charge on any atom is -0.467 e. The zero-order valence-electron chi connectivity index (χ0n) is 17.6. The molecule has 3 aromatic carbocycles. The van der Waals surface area contributed by atoms with E-state index in [4.69, 9.17) is 4.42 Å². The zero-order chi connectivity index (χ0) is 22.8. The zero-order valence-corrected chi connectivity index (χ0v) is 17.6. The Morgan fingerprint density at radius 1 is 0.788 bits per heavy atom. The molecular weight excluding hydrogens is 416 g/mol. The first-order valence-corrected chi connectivity index (χ1v) is 10.5. The highest BCUT2D eigenvalue weighted by atomic mass is 16.3. The van der Waals surface area contributed by atoms with Crippen LogP contribution in [-0.2, 0) is 6.54 Å². The van der Waals surface area contributed by atoms with Crippen LogP contribution in [0.2, 0.25) is 0 Å². The molecule has 3 amide bonds. The van der Waals surface area contributed by atoms with Crippen LogP contribution in [0.25, 0.3) is 0 Å². The molecule has 1 aliphatic rings. The molecule has 0 unspecified atom stereocenters. The molecule has 1 aromatic heterocycles. The van der Waals surface area contributed by atoms with Gasteiger partial charge in [-0.25, -0.2) is 0 Å². The van der Waals surface area contributed by atoms with Gasteiger partial charge in [-0.1, -0.05) is 60.7 Å². The second kappa shape index (κ2) is 8.59. The van der Waals surface area contributed by atoms with Gasteiger partial charge in [0.1, 0.15) is 5.76 Å². The van der Waals surface area contributed by atoms with Crippen molar-refractivity contribution < 1.29 is 18.8 Å². The van der Waals surface area contributed by atoms with Gasteiger partial charge in [-0.05, 0) is 41.5 Å². The molecule has 1 N–H and O–H groups in total. The first-order chi connectivity index (χ1) is 16.1. The van der Waals surface area contributed by atoms with E-state index in [1.54, 1.807) is 18.2 Å². The Morgan fingerprint density at radius 3 is 2.03 bits per heavy atom. The van der Waals surface area contributed by atoms with Crippen LogP contribution >= 0.6 is 0 Å². The van der Waals surface area contributed by atoms with Gasteiger partial charge in [0.2, 0.25) is 0 Å². The predicted molar refractivity (Wildman–Crippen MR) is 122 cm³/mol. The van der Waals surface area contributed by atoms with Crippen molar-refractivity contribution in [2.75, 3.05) is 0 Å². The minimum absolute atomic E-state index is 0.0466. The average molecular weight is 436 g/mol. The standard InChI is InChI=1S/C27H20N2O4/c30-25(28-24(18-8-3-1-4-9-18)19-10-5-2-6-11-19)20-13-14-22-23(16-20)27(32)29(26(22)31)17-21-12-7-15-33-21/h1-16,24H,17H2,(H,28,30). The third kappa shape index (κ3) is 3.94. The van der Waals surface area contributed by atoms with Crippen molar-refractivity contribution in [2.24, 2.45) is 0 Å². The van der Waals surface area contributed by atoms with E-state index in [1.165, 1.54) is 18.4 Å². The van der Waals surface area contributed by atoms with E-state index in [9.17, 15) is 14.4 Å². The van der Waals surface area contributed by atoms with Crippen LogP contribution in [0, 0.1) is 0 Å². The molecule has 6 heteroatoms. The Morgan fingerprint density at radius 2 is 1.42 bits per heavy atom. The minimum atomic E-state index is -0.441. The Labute approximate surface area is 190 Å². The number of hydrogen-bond acceptors (Lipinski definition) is 4. The lowest BCUT2D eigenvalue weighted by Gasteiger charge is -2.20. The number of carbonyl (C=O) groups is 3. The molecule has 1 aliphatic heterocycles. The third-order valence-electron chi connectivity index (χ3n) is 5.67. The highest BCUT2D eigenvalue weighted by Gasteiger charge is 2.36. The number of furan rings is 1. The van der Waals surface area contributed by atoms with Gasteiger partial charge in [0.25, 0.3) is 17.7 Å². The summed E-state index contributed by atoms with van der Waals surface area (Å²) in [6.45, 7) is 0.0466. The van der Waals surface area contributed by atoms with Crippen molar-refractivity contribution in [3.05, 3.63) is 131 Å². The molecule has 0 bridgehead atoms. The highest BCUT2D eigenvalue weighted by molar-refractivity contribution is 6.22. The van der Waals surface area contributed by atoms with Gasteiger partial charge in [0.05, 0.1) is 30.0 Å². The predicted octanol–water partition coefficient (Wildman–Crippen LogP) is 4.60. The molecule has 0 fully saturated rings. The third-order valence-corrected chi connectivity index (χ3v) is 5.67. The van der Waals surface area contributed by atoms with Crippen LogP contribution in [0.3, 0.4) is 0 Å². The summed E-state index contributed by atoms with van der Waals surface area (Å²) in [7, 11) is 0. The van der Waals surface area contributed by atoms with Crippen LogP contribution in [0.5, 0.6) is 0 Å². The number of benzene rings is 3. The maximum absolute atomic E-state index is 13.2. The van der Waals surface area contributed by atoms with Crippen molar-refractivity contribution >= 4 is 17.7 Å². The first-order valence-electron chi connectivity index (χ1n) is 10.5. The lowest BCUT2D eigenvalue weighted by molar-refractivity contribution is 0.0631. The molecule has 0 atom stereocenters. The van der Waals surface area contributed by atoms with Crippen LogP contribution in [0.4, 0.5) is 0 Å². The van der Waals surface area contributed by atoms with E-state index in [2.05, 4.69) is 5.32 Å². The van der Waals surface area contributed by atoms with Crippen LogP contribution in [-0.4, -0.2) is 22.6 Å². The van der Waals surface area contributed by atoms with Crippen molar-refractivity contribution in [3.63, 3.8) is 0 Å². The fourth-order valence-electron chi connectivity index (χ4n) is 4.00. The molecule has 162 valence electrons. The molecule has 5 rings (SSSR count). The second-order valence-electron chi connectivity index (χ2n) is 7.76. The fourth-order valence-corrected chi connectivity index (χ4v) is 4.00. The van der Waals surface area contributed by atoms with Gasteiger partial charge in [0.15, 0.2) is 0 Å². The lowest BCUT2D eigenvalue weighted by atomic mass is 9.98. The Balaban J connectivity index is 1.41. The number of nitrogens with zero attached hydrogens (tertiary/aromatic N) is 1. The monoisotopic (exact) mass is 436 g/mol. The summed E-state index contributed by atoms with van der Waals surface area (Å²) >= 11 is 0.